The quantitative estimate of drug-likeness (QED) is 0.819. The molecule has 20 heavy (non-hydrogen) atoms. The summed E-state index contributed by atoms with van der Waals surface area (Å²) in [6.45, 7) is 3.97. The fraction of sp³-hybridized carbons (Fsp3) is 0.312. The van der Waals surface area contributed by atoms with E-state index >= 15 is 0 Å². The van der Waals surface area contributed by atoms with Crippen molar-refractivity contribution >= 4 is 11.6 Å². The zero-order valence-electron chi connectivity index (χ0n) is 11.8. The van der Waals surface area contributed by atoms with E-state index in [0.29, 0.717) is 0 Å². The van der Waals surface area contributed by atoms with Crippen molar-refractivity contribution in [1.29, 1.82) is 0 Å². The molecule has 0 fully saturated rings. The average molecular weight is 291 g/mol. The van der Waals surface area contributed by atoms with Gasteiger partial charge >= 0.3 is 0 Å². The molecule has 0 spiro atoms. The first-order valence-corrected chi connectivity index (χ1v) is 7.11. The molecule has 1 heterocycles. The molecule has 0 bridgehead atoms. The number of nitrogens with zero attached hydrogens (tertiary/aromatic N) is 1. The van der Waals surface area contributed by atoms with Crippen LogP contribution < -0.4 is 10.1 Å². The molecule has 0 aliphatic rings. The van der Waals surface area contributed by atoms with Crippen molar-refractivity contribution in [3.05, 3.63) is 47.2 Å². The number of pyridine rings is 1. The van der Waals surface area contributed by atoms with Crippen LogP contribution in [0.4, 0.5) is 0 Å². The molecule has 0 unspecified atom stereocenters. The van der Waals surface area contributed by atoms with Crippen molar-refractivity contribution < 1.29 is 4.74 Å². The summed E-state index contributed by atoms with van der Waals surface area (Å²) in [4.78, 5) is 4.21. The number of hydrogen-bond donors (Lipinski definition) is 1. The van der Waals surface area contributed by atoms with Gasteiger partial charge in [-0.2, -0.15) is 0 Å². The second-order valence-electron chi connectivity index (χ2n) is 4.59. The molecule has 1 aromatic carbocycles. The van der Waals surface area contributed by atoms with Crippen LogP contribution in [0.1, 0.15) is 18.9 Å². The van der Waals surface area contributed by atoms with E-state index in [4.69, 9.17) is 16.3 Å². The van der Waals surface area contributed by atoms with Crippen molar-refractivity contribution in [1.82, 2.24) is 10.3 Å². The molecule has 2 aromatic rings. The summed E-state index contributed by atoms with van der Waals surface area (Å²) in [5, 5.41) is 4.14. The molecule has 0 amide bonds. The van der Waals surface area contributed by atoms with Crippen molar-refractivity contribution in [2.24, 2.45) is 0 Å². The molecule has 0 saturated heterocycles. The molecule has 2 rings (SSSR count). The molecule has 4 heteroatoms. The molecule has 1 aromatic heterocycles. The van der Waals surface area contributed by atoms with Crippen LogP contribution in [0.5, 0.6) is 5.75 Å². The first-order chi connectivity index (χ1) is 9.74. The standard InChI is InChI=1S/C16H19ClN2O/c1-3-6-18-9-12-4-5-14(17)8-16(12)13-7-15(20-2)11-19-10-13/h4-5,7-8,10-11,18H,3,6,9H2,1-2H3. The van der Waals surface area contributed by atoms with E-state index in [0.717, 1.165) is 41.4 Å². The molecular weight excluding hydrogens is 272 g/mol. The zero-order chi connectivity index (χ0) is 14.4. The highest BCUT2D eigenvalue weighted by molar-refractivity contribution is 6.30. The second kappa shape index (κ2) is 7.27. The van der Waals surface area contributed by atoms with Crippen LogP contribution in [0, 0.1) is 0 Å². The van der Waals surface area contributed by atoms with E-state index in [2.05, 4.69) is 23.3 Å². The van der Waals surface area contributed by atoms with Crippen LogP contribution in [0.3, 0.4) is 0 Å². The van der Waals surface area contributed by atoms with Gasteiger partial charge in [-0.05, 0) is 42.3 Å². The maximum atomic E-state index is 6.13. The van der Waals surface area contributed by atoms with Crippen LogP contribution in [-0.4, -0.2) is 18.6 Å². The molecule has 1 N–H and O–H groups in total. The molecule has 0 aliphatic heterocycles. The summed E-state index contributed by atoms with van der Waals surface area (Å²) >= 11 is 6.13. The van der Waals surface area contributed by atoms with E-state index in [1.807, 2.05) is 24.4 Å². The first kappa shape index (κ1) is 14.8. The van der Waals surface area contributed by atoms with Crippen LogP contribution in [-0.2, 0) is 6.54 Å². The van der Waals surface area contributed by atoms with Gasteiger partial charge in [-0.1, -0.05) is 24.6 Å². The minimum atomic E-state index is 0.724. The average Bonchev–Trinajstić information content (AvgIpc) is 2.49. The third-order valence-corrected chi connectivity index (χ3v) is 3.31. The Morgan fingerprint density at radius 3 is 2.85 bits per heavy atom. The van der Waals surface area contributed by atoms with Crippen LogP contribution in [0.2, 0.25) is 5.02 Å². The van der Waals surface area contributed by atoms with Gasteiger partial charge in [-0.25, -0.2) is 0 Å². The summed E-state index contributed by atoms with van der Waals surface area (Å²) < 4.78 is 5.23. The molecule has 0 atom stereocenters. The predicted molar refractivity (Wildman–Crippen MR) is 83.2 cm³/mol. The summed E-state index contributed by atoms with van der Waals surface area (Å²) in [5.74, 6) is 0.745. The fourth-order valence-corrected chi connectivity index (χ4v) is 2.22. The maximum Gasteiger partial charge on any atom is 0.137 e. The van der Waals surface area contributed by atoms with Gasteiger partial charge in [0.1, 0.15) is 5.75 Å². The predicted octanol–water partition coefficient (Wildman–Crippen LogP) is 3.91. The van der Waals surface area contributed by atoms with Crippen LogP contribution in [0.25, 0.3) is 11.1 Å². The Kier molecular flexibility index (Phi) is 5.39. The highest BCUT2D eigenvalue weighted by Gasteiger charge is 2.07. The zero-order valence-corrected chi connectivity index (χ0v) is 12.6. The highest BCUT2D eigenvalue weighted by Crippen LogP contribution is 2.28. The second-order valence-corrected chi connectivity index (χ2v) is 5.03. The summed E-state index contributed by atoms with van der Waals surface area (Å²) in [7, 11) is 1.64. The van der Waals surface area contributed by atoms with Gasteiger partial charge in [0, 0.05) is 23.3 Å². The Labute approximate surface area is 124 Å². The minimum absolute atomic E-state index is 0.724. The molecule has 0 saturated carbocycles. The fourth-order valence-electron chi connectivity index (χ4n) is 2.05. The topological polar surface area (TPSA) is 34.2 Å². The lowest BCUT2D eigenvalue weighted by molar-refractivity contribution is 0.413. The minimum Gasteiger partial charge on any atom is -0.495 e. The van der Waals surface area contributed by atoms with Gasteiger partial charge in [0.15, 0.2) is 0 Å². The Hall–Kier alpha value is -1.58. The summed E-state index contributed by atoms with van der Waals surface area (Å²) in [6.07, 6.45) is 4.64. The molecule has 106 valence electrons. The Bertz CT molecular complexity index is 572. The third-order valence-electron chi connectivity index (χ3n) is 3.07. The van der Waals surface area contributed by atoms with Crippen molar-refractivity contribution in [3.8, 4) is 16.9 Å². The lowest BCUT2D eigenvalue weighted by Crippen LogP contribution is -2.14. The van der Waals surface area contributed by atoms with Gasteiger partial charge < -0.3 is 10.1 Å². The van der Waals surface area contributed by atoms with Crippen molar-refractivity contribution in [2.75, 3.05) is 13.7 Å². The SMILES string of the molecule is CCCNCc1ccc(Cl)cc1-c1cncc(OC)c1. The number of ether oxygens (including phenoxy) is 1. The van der Waals surface area contributed by atoms with Gasteiger partial charge in [0.25, 0.3) is 0 Å². The Balaban J connectivity index is 2.34. The van der Waals surface area contributed by atoms with Crippen LogP contribution >= 0.6 is 11.6 Å². The third kappa shape index (κ3) is 3.71. The summed E-state index contributed by atoms with van der Waals surface area (Å²) in [6, 6.07) is 7.92. The normalized spacial score (nSPS) is 10.6. The van der Waals surface area contributed by atoms with Gasteiger partial charge in [0.2, 0.25) is 0 Å². The number of methoxy groups -OCH3 is 1. The van der Waals surface area contributed by atoms with Crippen molar-refractivity contribution in [2.45, 2.75) is 19.9 Å². The van der Waals surface area contributed by atoms with E-state index < -0.39 is 0 Å². The number of hydrogen-bond acceptors (Lipinski definition) is 3. The number of aromatic nitrogens is 1. The molecule has 0 aliphatic carbocycles. The number of nitrogens with one attached hydrogen (secondary N) is 1. The number of halogens is 1. The molecule has 3 nitrogen and oxygen atoms in total. The smallest absolute Gasteiger partial charge is 0.137 e. The van der Waals surface area contributed by atoms with E-state index in [-0.39, 0.29) is 0 Å². The highest BCUT2D eigenvalue weighted by atomic mass is 35.5. The number of benzene rings is 1. The lowest BCUT2D eigenvalue weighted by Gasteiger charge is -2.12. The first-order valence-electron chi connectivity index (χ1n) is 6.73. The largest absolute Gasteiger partial charge is 0.495 e. The van der Waals surface area contributed by atoms with Gasteiger partial charge in [-0.3, -0.25) is 4.98 Å². The van der Waals surface area contributed by atoms with Crippen LogP contribution in [0.15, 0.2) is 36.7 Å². The summed E-state index contributed by atoms with van der Waals surface area (Å²) in [5.41, 5.74) is 3.31. The van der Waals surface area contributed by atoms with Crippen molar-refractivity contribution in [3.63, 3.8) is 0 Å². The lowest BCUT2D eigenvalue weighted by atomic mass is 10.0. The van der Waals surface area contributed by atoms with Gasteiger partial charge in [0.05, 0.1) is 13.3 Å². The van der Waals surface area contributed by atoms with E-state index in [1.54, 1.807) is 13.3 Å². The molecule has 0 radical (unpaired) electrons. The van der Waals surface area contributed by atoms with Gasteiger partial charge in [-0.15, -0.1) is 0 Å². The van der Waals surface area contributed by atoms with E-state index in [9.17, 15) is 0 Å². The number of rotatable bonds is 6. The Morgan fingerprint density at radius 1 is 1.25 bits per heavy atom. The molecular formula is C16H19ClN2O. The maximum absolute atomic E-state index is 6.13. The monoisotopic (exact) mass is 290 g/mol. The van der Waals surface area contributed by atoms with E-state index in [1.165, 1.54) is 5.56 Å². The Morgan fingerprint density at radius 2 is 2.10 bits per heavy atom.